The van der Waals surface area contributed by atoms with E-state index in [1.165, 1.54) is 25.7 Å². The minimum atomic E-state index is 0.527. The van der Waals surface area contributed by atoms with Crippen LogP contribution in [0, 0.1) is 23.2 Å². The van der Waals surface area contributed by atoms with E-state index in [9.17, 15) is 0 Å². The van der Waals surface area contributed by atoms with E-state index in [2.05, 4.69) is 48.5 Å². The highest BCUT2D eigenvalue weighted by Gasteiger charge is 2.27. The van der Waals surface area contributed by atoms with E-state index in [0.29, 0.717) is 5.41 Å². The first-order valence-electron chi connectivity index (χ1n) is 6.79. The Morgan fingerprint density at radius 3 is 1.73 bits per heavy atom. The first-order valence-corrected chi connectivity index (χ1v) is 6.79. The van der Waals surface area contributed by atoms with Crippen molar-refractivity contribution in [2.24, 2.45) is 23.2 Å². The molecule has 0 saturated heterocycles. The molecule has 0 amide bonds. The highest BCUT2D eigenvalue weighted by Crippen LogP contribution is 2.38. The third-order valence-electron chi connectivity index (χ3n) is 3.86. The molecule has 0 spiro atoms. The highest BCUT2D eigenvalue weighted by molar-refractivity contribution is 4.78. The monoisotopic (exact) mass is 212 g/mol. The molecule has 0 aromatic carbocycles. The summed E-state index contributed by atoms with van der Waals surface area (Å²) in [5, 5.41) is 0. The molecule has 0 rings (SSSR count). The Balaban J connectivity index is 4.30. The molecule has 1 unspecified atom stereocenters. The van der Waals surface area contributed by atoms with Crippen LogP contribution < -0.4 is 0 Å². The summed E-state index contributed by atoms with van der Waals surface area (Å²) in [6.07, 6.45) is 5.51. The molecule has 92 valence electrons. The molecule has 1 atom stereocenters. The lowest BCUT2D eigenvalue weighted by molar-refractivity contribution is 0.155. The zero-order valence-corrected chi connectivity index (χ0v) is 12.1. The van der Waals surface area contributed by atoms with Crippen LogP contribution in [0.2, 0.25) is 0 Å². The zero-order valence-electron chi connectivity index (χ0n) is 12.1. The Bertz CT molecular complexity index is 153. The van der Waals surface area contributed by atoms with Gasteiger partial charge in [-0.1, -0.05) is 61.3 Å². The summed E-state index contributed by atoms with van der Waals surface area (Å²) in [4.78, 5) is 0. The van der Waals surface area contributed by atoms with Gasteiger partial charge in [0.2, 0.25) is 0 Å². The minimum absolute atomic E-state index is 0.527. The molecular formula is C15H32. The lowest BCUT2D eigenvalue weighted by atomic mass is 9.70. The maximum absolute atomic E-state index is 2.44. The average molecular weight is 212 g/mol. The highest BCUT2D eigenvalue weighted by atomic mass is 14.3. The Hall–Kier alpha value is 0. The van der Waals surface area contributed by atoms with Crippen LogP contribution in [0.25, 0.3) is 0 Å². The van der Waals surface area contributed by atoms with Crippen molar-refractivity contribution in [3.8, 4) is 0 Å². The summed E-state index contributed by atoms with van der Waals surface area (Å²) >= 11 is 0. The van der Waals surface area contributed by atoms with Gasteiger partial charge in [-0.05, 0) is 36.0 Å². The molecule has 0 heterocycles. The zero-order chi connectivity index (χ0) is 12.1. The van der Waals surface area contributed by atoms with E-state index in [1.807, 2.05) is 0 Å². The first-order chi connectivity index (χ1) is 6.79. The van der Waals surface area contributed by atoms with Crippen LogP contribution in [0.5, 0.6) is 0 Å². The fraction of sp³-hybridized carbons (Fsp3) is 1.00. The molecule has 0 N–H and O–H groups in total. The van der Waals surface area contributed by atoms with Gasteiger partial charge in [0.25, 0.3) is 0 Å². The molecule has 15 heavy (non-hydrogen) atoms. The van der Waals surface area contributed by atoms with E-state index in [-0.39, 0.29) is 0 Å². The van der Waals surface area contributed by atoms with Gasteiger partial charge in [-0.25, -0.2) is 0 Å². The summed E-state index contributed by atoms with van der Waals surface area (Å²) in [6, 6.07) is 0. The van der Waals surface area contributed by atoms with E-state index in [0.717, 1.165) is 17.8 Å². The third kappa shape index (κ3) is 6.22. The van der Waals surface area contributed by atoms with Gasteiger partial charge in [0.05, 0.1) is 0 Å². The molecule has 0 bridgehead atoms. The molecule has 0 nitrogen and oxygen atoms in total. The average Bonchev–Trinajstić information content (AvgIpc) is 2.11. The van der Waals surface area contributed by atoms with Crippen molar-refractivity contribution >= 4 is 0 Å². The Morgan fingerprint density at radius 1 is 0.867 bits per heavy atom. The molecule has 0 aromatic heterocycles. The second-order valence-corrected chi connectivity index (χ2v) is 6.64. The topological polar surface area (TPSA) is 0 Å². The van der Waals surface area contributed by atoms with Crippen molar-refractivity contribution in [3.05, 3.63) is 0 Å². The molecule has 0 aliphatic heterocycles. The van der Waals surface area contributed by atoms with Crippen molar-refractivity contribution < 1.29 is 0 Å². The fourth-order valence-electron chi connectivity index (χ4n) is 2.22. The van der Waals surface area contributed by atoms with Crippen molar-refractivity contribution in [1.82, 2.24) is 0 Å². The van der Waals surface area contributed by atoms with Gasteiger partial charge in [-0.15, -0.1) is 0 Å². The van der Waals surface area contributed by atoms with Gasteiger partial charge in [-0.3, -0.25) is 0 Å². The lowest BCUT2D eigenvalue weighted by Gasteiger charge is -2.35. The number of rotatable bonds is 7. The molecule has 0 fully saturated rings. The molecule has 0 aliphatic rings. The predicted molar refractivity (Wildman–Crippen MR) is 71.1 cm³/mol. The third-order valence-corrected chi connectivity index (χ3v) is 3.86. The minimum Gasteiger partial charge on any atom is -0.0649 e. The standard InChI is InChI=1S/C15H32/c1-8-15(6,7)14(11-13(4)5)10-9-12(2)3/h12-14H,8-11H2,1-7H3. The second-order valence-electron chi connectivity index (χ2n) is 6.64. The Morgan fingerprint density at radius 2 is 1.40 bits per heavy atom. The maximum atomic E-state index is 2.44. The van der Waals surface area contributed by atoms with Crippen molar-refractivity contribution in [1.29, 1.82) is 0 Å². The molecule has 0 aromatic rings. The molecular weight excluding hydrogens is 180 g/mol. The van der Waals surface area contributed by atoms with Crippen LogP contribution >= 0.6 is 0 Å². The number of hydrogen-bond acceptors (Lipinski definition) is 0. The van der Waals surface area contributed by atoms with E-state index >= 15 is 0 Å². The van der Waals surface area contributed by atoms with E-state index in [1.54, 1.807) is 0 Å². The number of hydrogen-bond donors (Lipinski definition) is 0. The van der Waals surface area contributed by atoms with Crippen molar-refractivity contribution in [3.63, 3.8) is 0 Å². The molecule has 0 radical (unpaired) electrons. The van der Waals surface area contributed by atoms with Crippen LogP contribution in [0.1, 0.15) is 74.1 Å². The Labute approximate surface area is 97.8 Å². The smallest absolute Gasteiger partial charge is 0.0328 e. The van der Waals surface area contributed by atoms with E-state index < -0.39 is 0 Å². The van der Waals surface area contributed by atoms with Crippen molar-refractivity contribution in [2.45, 2.75) is 74.1 Å². The van der Waals surface area contributed by atoms with Crippen LogP contribution in [-0.2, 0) is 0 Å². The molecule has 0 saturated carbocycles. The fourth-order valence-corrected chi connectivity index (χ4v) is 2.22. The van der Waals surface area contributed by atoms with Crippen LogP contribution in [0.15, 0.2) is 0 Å². The first kappa shape index (κ1) is 15.0. The van der Waals surface area contributed by atoms with Crippen molar-refractivity contribution in [2.75, 3.05) is 0 Å². The van der Waals surface area contributed by atoms with Gasteiger partial charge in [0.15, 0.2) is 0 Å². The summed E-state index contributed by atoms with van der Waals surface area (Å²) in [5.41, 5.74) is 0.527. The second kappa shape index (κ2) is 6.55. The van der Waals surface area contributed by atoms with Gasteiger partial charge < -0.3 is 0 Å². The van der Waals surface area contributed by atoms with Gasteiger partial charge in [-0.2, -0.15) is 0 Å². The van der Waals surface area contributed by atoms with Gasteiger partial charge in [0.1, 0.15) is 0 Å². The Kier molecular flexibility index (Phi) is 6.55. The predicted octanol–water partition coefficient (Wildman–Crippen LogP) is 5.52. The lowest BCUT2D eigenvalue weighted by Crippen LogP contribution is -2.25. The molecule has 0 heteroatoms. The quantitative estimate of drug-likeness (QED) is 0.521. The summed E-state index contributed by atoms with van der Waals surface area (Å²) in [5.74, 6) is 2.60. The summed E-state index contributed by atoms with van der Waals surface area (Å²) in [7, 11) is 0. The van der Waals surface area contributed by atoms with Crippen LogP contribution in [0.4, 0.5) is 0 Å². The maximum Gasteiger partial charge on any atom is -0.0328 e. The van der Waals surface area contributed by atoms with Gasteiger partial charge in [0, 0.05) is 0 Å². The van der Waals surface area contributed by atoms with Crippen LogP contribution in [-0.4, -0.2) is 0 Å². The summed E-state index contributed by atoms with van der Waals surface area (Å²) < 4.78 is 0. The van der Waals surface area contributed by atoms with Gasteiger partial charge >= 0.3 is 0 Å². The largest absolute Gasteiger partial charge is 0.0649 e. The summed E-state index contributed by atoms with van der Waals surface area (Å²) in [6.45, 7) is 16.6. The normalized spacial score (nSPS) is 15.0. The molecule has 0 aliphatic carbocycles. The SMILES string of the molecule is CCC(C)(C)C(CCC(C)C)CC(C)C. The van der Waals surface area contributed by atoms with Crippen LogP contribution in [0.3, 0.4) is 0 Å². The van der Waals surface area contributed by atoms with E-state index in [4.69, 9.17) is 0 Å².